The molecule has 2 rings (SSSR count). The van der Waals surface area contributed by atoms with E-state index in [4.69, 9.17) is 17.3 Å². The molecule has 1 atom stereocenters. The van der Waals surface area contributed by atoms with Gasteiger partial charge in [-0.1, -0.05) is 35.9 Å². The molecule has 4 heteroatoms. The fraction of sp³-hybridized carbons (Fsp3) is 0.0769. The van der Waals surface area contributed by atoms with Crippen LogP contribution in [0.2, 0.25) is 5.02 Å². The van der Waals surface area contributed by atoms with Crippen molar-refractivity contribution in [2.75, 3.05) is 5.73 Å². The van der Waals surface area contributed by atoms with Crippen LogP contribution in [0.4, 0.5) is 5.69 Å². The molecule has 2 aromatic rings. The van der Waals surface area contributed by atoms with Gasteiger partial charge in [-0.05, 0) is 29.8 Å². The van der Waals surface area contributed by atoms with Crippen LogP contribution in [0.3, 0.4) is 0 Å². The maximum absolute atomic E-state index is 12.1. The zero-order chi connectivity index (χ0) is 12.3. The average molecular weight is 266 g/mol. The second-order valence-electron chi connectivity index (χ2n) is 3.66. The predicted molar refractivity (Wildman–Crippen MR) is 72.4 cm³/mol. The number of benzene rings is 2. The highest BCUT2D eigenvalue weighted by Gasteiger charge is 2.08. The molecule has 0 aliphatic carbocycles. The molecule has 0 radical (unpaired) electrons. The lowest BCUT2D eigenvalue weighted by atomic mass is 10.2. The van der Waals surface area contributed by atoms with Gasteiger partial charge in [0.2, 0.25) is 0 Å². The lowest BCUT2D eigenvalue weighted by Crippen LogP contribution is -2.00. The van der Waals surface area contributed by atoms with E-state index in [1.807, 2.05) is 30.3 Å². The molecule has 0 fully saturated rings. The second kappa shape index (κ2) is 5.34. The first-order chi connectivity index (χ1) is 8.16. The summed E-state index contributed by atoms with van der Waals surface area (Å²) in [6.45, 7) is 0. The molecule has 0 aliphatic rings. The Morgan fingerprint density at radius 1 is 1.12 bits per heavy atom. The molecule has 88 valence electrons. The van der Waals surface area contributed by atoms with Gasteiger partial charge in [0.05, 0.1) is 21.4 Å². The number of nitrogen functional groups attached to an aromatic ring is 1. The van der Waals surface area contributed by atoms with E-state index in [0.717, 1.165) is 5.56 Å². The summed E-state index contributed by atoms with van der Waals surface area (Å²) in [5, 5.41) is 0.653. The highest BCUT2D eigenvalue weighted by molar-refractivity contribution is 7.84. The summed E-state index contributed by atoms with van der Waals surface area (Å²) < 4.78 is 12.1. The summed E-state index contributed by atoms with van der Waals surface area (Å²) in [6, 6.07) is 14.6. The van der Waals surface area contributed by atoms with Gasteiger partial charge in [0.15, 0.2) is 0 Å². The van der Waals surface area contributed by atoms with Gasteiger partial charge in [-0.15, -0.1) is 0 Å². The number of anilines is 1. The lowest BCUT2D eigenvalue weighted by Gasteiger charge is -2.05. The highest BCUT2D eigenvalue weighted by atomic mass is 35.5. The minimum Gasteiger partial charge on any atom is -0.398 e. The van der Waals surface area contributed by atoms with Crippen molar-refractivity contribution < 1.29 is 4.21 Å². The maximum Gasteiger partial charge on any atom is 0.0620 e. The molecule has 0 spiro atoms. The van der Waals surface area contributed by atoms with E-state index in [-0.39, 0.29) is 0 Å². The minimum atomic E-state index is -1.14. The Morgan fingerprint density at radius 3 is 2.59 bits per heavy atom. The summed E-state index contributed by atoms with van der Waals surface area (Å²) in [5.74, 6) is 0.425. The average Bonchev–Trinajstić information content (AvgIpc) is 2.29. The summed E-state index contributed by atoms with van der Waals surface area (Å²) in [4.78, 5) is 0.674. The Kier molecular flexibility index (Phi) is 3.82. The molecular formula is C13H12ClNOS. The normalized spacial score (nSPS) is 12.3. The Hall–Kier alpha value is -1.32. The molecule has 17 heavy (non-hydrogen) atoms. The van der Waals surface area contributed by atoms with Crippen LogP contribution >= 0.6 is 11.6 Å². The minimum absolute atomic E-state index is 0.425. The van der Waals surface area contributed by atoms with Gasteiger partial charge in [0.1, 0.15) is 0 Å². The SMILES string of the molecule is Nc1ccccc1S(=O)Cc1cccc(Cl)c1. The second-order valence-corrected chi connectivity index (χ2v) is 5.51. The quantitative estimate of drug-likeness (QED) is 0.866. The molecule has 0 saturated heterocycles. The first kappa shape index (κ1) is 12.1. The fourth-order valence-corrected chi connectivity index (χ4v) is 2.96. The summed E-state index contributed by atoms with van der Waals surface area (Å²) >= 11 is 5.88. The van der Waals surface area contributed by atoms with Crippen molar-refractivity contribution in [1.29, 1.82) is 0 Å². The van der Waals surface area contributed by atoms with Gasteiger partial charge in [-0.3, -0.25) is 4.21 Å². The zero-order valence-electron chi connectivity index (χ0n) is 9.10. The van der Waals surface area contributed by atoms with E-state index in [2.05, 4.69) is 0 Å². The third-order valence-corrected chi connectivity index (χ3v) is 4.04. The maximum atomic E-state index is 12.1. The van der Waals surface area contributed by atoms with Crippen LogP contribution < -0.4 is 5.73 Å². The molecule has 2 N–H and O–H groups in total. The smallest absolute Gasteiger partial charge is 0.0620 e. The largest absolute Gasteiger partial charge is 0.398 e. The number of hydrogen-bond donors (Lipinski definition) is 1. The van der Waals surface area contributed by atoms with E-state index in [1.165, 1.54) is 0 Å². The number of rotatable bonds is 3. The summed E-state index contributed by atoms with van der Waals surface area (Å²) in [5.41, 5.74) is 7.29. The van der Waals surface area contributed by atoms with Crippen LogP contribution in [0.25, 0.3) is 0 Å². The van der Waals surface area contributed by atoms with Crippen molar-refractivity contribution in [3.63, 3.8) is 0 Å². The third kappa shape index (κ3) is 3.08. The number of para-hydroxylation sites is 1. The lowest BCUT2D eigenvalue weighted by molar-refractivity contribution is 0.683. The van der Waals surface area contributed by atoms with Gasteiger partial charge in [0, 0.05) is 10.7 Å². The standard InChI is InChI=1S/C13H12ClNOS/c14-11-5-3-4-10(8-11)9-17(16)13-7-2-1-6-12(13)15/h1-8H,9,15H2. The van der Waals surface area contributed by atoms with Crippen LogP contribution in [-0.4, -0.2) is 4.21 Å². The van der Waals surface area contributed by atoms with Crippen molar-refractivity contribution in [1.82, 2.24) is 0 Å². The van der Waals surface area contributed by atoms with Crippen LogP contribution in [0.1, 0.15) is 5.56 Å². The number of halogens is 1. The van der Waals surface area contributed by atoms with E-state index in [9.17, 15) is 4.21 Å². The molecule has 0 aromatic heterocycles. The Morgan fingerprint density at radius 2 is 1.88 bits per heavy atom. The van der Waals surface area contributed by atoms with Crippen LogP contribution in [0.15, 0.2) is 53.4 Å². The molecule has 2 nitrogen and oxygen atoms in total. The third-order valence-electron chi connectivity index (χ3n) is 2.35. The van der Waals surface area contributed by atoms with Crippen molar-refractivity contribution in [3.8, 4) is 0 Å². The first-order valence-electron chi connectivity index (χ1n) is 5.14. The molecule has 0 heterocycles. The first-order valence-corrected chi connectivity index (χ1v) is 6.84. The zero-order valence-corrected chi connectivity index (χ0v) is 10.7. The Bertz CT molecular complexity index is 557. The van der Waals surface area contributed by atoms with Crippen LogP contribution in [0, 0.1) is 0 Å². The van der Waals surface area contributed by atoms with Gasteiger partial charge in [-0.25, -0.2) is 0 Å². The Labute approximate surface area is 108 Å². The highest BCUT2D eigenvalue weighted by Crippen LogP contribution is 2.20. The van der Waals surface area contributed by atoms with Crippen molar-refractivity contribution in [2.24, 2.45) is 0 Å². The van der Waals surface area contributed by atoms with E-state index < -0.39 is 10.8 Å². The number of nitrogens with two attached hydrogens (primary N) is 1. The Balaban J connectivity index is 2.20. The molecule has 0 aliphatic heterocycles. The monoisotopic (exact) mass is 265 g/mol. The molecule has 1 unspecified atom stereocenters. The van der Waals surface area contributed by atoms with Crippen LogP contribution in [-0.2, 0) is 16.6 Å². The summed E-state index contributed by atoms with van der Waals surface area (Å²) in [7, 11) is -1.14. The van der Waals surface area contributed by atoms with Crippen LogP contribution in [0.5, 0.6) is 0 Å². The predicted octanol–water partition coefficient (Wildman–Crippen LogP) is 3.23. The van der Waals surface area contributed by atoms with E-state index in [1.54, 1.807) is 18.2 Å². The van der Waals surface area contributed by atoms with Crippen molar-refractivity contribution in [3.05, 3.63) is 59.1 Å². The number of hydrogen-bond acceptors (Lipinski definition) is 2. The van der Waals surface area contributed by atoms with Gasteiger partial charge in [-0.2, -0.15) is 0 Å². The van der Waals surface area contributed by atoms with Crippen molar-refractivity contribution >= 4 is 28.1 Å². The molecular weight excluding hydrogens is 254 g/mol. The molecule has 2 aromatic carbocycles. The molecule has 0 saturated carbocycles. The summed E-state index contributed by atoms with van der Waals surface area (Å²) in [6.07, 6.45) is 0. The van der Waals surface area contributed by atoms with Gasteiger partial charge >= 0.3 is 0 Å². The fourth-order valence-electron chi connectivity index (χ4n) is 1.54. The van der Waals surface area contributed by atoms with Gasteiger partial charge < -0.3 is 5.73 Å². The van der Waals surface area contributed by atoms with Gasteiger partial charge in [0.25, 0.3) is 0 Å². The molecule has 0 amide bonds. The topological polar surface area (TPSA) is 43.1 Å². The van der Waals surface area contributed by atoms with E-state index in [0.29, 0.717) is 21.4 Å². The van der Waals surface area contributed by atoms with Crippen molar-refractivity contribution in [2.45, 2.75) is 10.6 Å². The molecule has 0 bridgehead atoms. The van der Waals surface area contributed by atoms with E-state index >= 15 is 0 Å².